The molecule has 3 nitrogen and oxygen atoms in total. The van der Waals surface area contributed by atoms with Crippen molar-refractivity contribution in [2.45, 2.75) is 65.9 Å². The van der Waals surface area contributed by atoms with Gasteiger partial charge in [-0.2, -0.15) is 4.98 Å². The van der Waals surface area contributed by atoms with Gasteiger partial charge in [-0.05, 0) is 30.6 Å². The maximum atomic E-state index is 6.28. The highest BCUT2D eigenvalue weighted by atomic mass is 35.5. The quantitative estimate of drug-likeness (QED) is 0.749. The van der Waals surface area contributed by atoms with Crippen molar-refractivity contribution < 1.29 is 4.74 Å². The number of halogens is 1. The Kier molecular flexibility index (Phi) is 3.47. The van der Waals surface area contributed by atoms with Crippen LogP contribution < -0.4 is 4.74 Å². The van der Waals surface area contributed by atoms with Gasteiger partial charge in [-0.1, -0.05) is 46.2 Å². The van der Waals surface area contributed by atoms with Crippen LogP contribution in [0.2, 0.25) is 5.15 Å². The Bertz CT molecular complexity index is 558. The minimum absolute atomic E-state index is 0.229. The highest BCUT2D eigenvalue weighted by Gasteiger charge is 2.62. The Balaban J connectivity index is 1.86. The van der Waals surface area contributed by atoms with Crippen LogP contribution in [0.5, 0.6) is 5.88 Å². The third-order valence-electron chi connectivity index (χ3n) is 6.18. The number of rotatable bonds is 3. The summed E-state index contributed by atoms with van der Waals surface area (Å²) in [6.07, 6.45) is 3.93. The van der Waals surface area contributed by atoms with Crippen LogP contribution in [-0.4, -0.2) is 16.1 Å². The second-order valence-corrected chi connectivity index (χ2v) is 8.15. The van der Waals surface area contributed by atoms with Gasteiger partial charge in [-0.25, -0.2) is 4.98 Å². The van der Waals surface area contributed by atoms with E-state index >= 15 is 0 Å². The average molecular weight is 309 g/mol. The van der Waals surface area contributed by atoms with E-state index in [1.165, 1.54) is 12.8 Å². The summed E-state index contributed by atoms with van der Waals surface area (Å²) in [7, 11) is 0. The Labute approximate surface area is 132 Å². The minimum atomic E-state index is 0.229. The molecule has 0 N–H and O–H groups in total. The highest BCUT2D eigenvalue weighted by molar-refractivity contribution is 6.29. The van der Waals surface area contributed by atoms with Crippen molar-refractivity contribution in [1.29, 1.82) is 0 Å². The second-order valence-electron chi connectivity index (χ2n) is 7.76. The molecule has 3 rings (SSSR count). The lowest BCUT2D eigenvalue weighted by atomic mass is 9.70. The van der Waals surface area contributed by atoms with E-state index in [0.717, 1.165) is 18.2 Å². The summed E-state index contributed by atoms with van der Waals surface area (Å²) in [5.41, 5.74) is 0.572. The molecular formula is C17H25ClN2O. The van der Waals surface area contributed by atoms with Gasteiger partial charge in [-0.15, -0.1) is 0 Å². The zero-order valence-electron chi connectivity index (χ0n) is 13.6. The maximum absolute atomic E-state index is 6.28. The number of aromatic nitrogens is 2. The summed E-state index contributed by atoms with van der Waals surface area (Å²) >= 11 is 6.12. The Morgan fingerprint density at radius 3 is 2.52 bits per heavy atom. The predicted molar refractivity (Wildman–Crippen MR) is 84.8 cm³/mol. The van der Waals surface area contributed by atoms with Gasteiger partial charge >= 0.3 is 0 Å². The third kappa shape index (κ3) is 2.25. The number of nitrogens with zero attached hydrogens (tertiary/aromatic N) is 2. The van der Waals surface area contributed by atoms with Crippen LogP contribution in [0.25, 0.3) is 0 Å². The van der Waals surface area contributed by atoms with Crippen LogP contribution >= 0.6 is 11.6 Å². The van der Waals surface area contributed by atoms with Crippen LogP contribution in [0.15, 0.2) is 6.07 Å². The van der Waals surface area contributed by atoms with Crippen molar-refractivity contribution in [2.75, 3.05) is 0 Å². The lowest BCUT2D eigenvalue weighted by Crippen LogP contribution is -2.39. The van der Waals surface area contributed by atoms with Crippen molar-refractivity contribution in [3.8, 4) is 5.88 Å². The van der Waals surface area contributed by atoms with Crippen molar-refractivity contribution >= 4 is 11.6 Å². The molecule has 0 aromatic carbocycles. The smallest absolute Gasteiger partial charge is 0.218 e. The Hall–Kier alpha value is -0.830. The molecule has 2 saturated carbocycles. The lowest BCUT2D eigenvalue weighted by molar-refractivity contribution is 0.0270. The lowest BCUT2D eigenvalue weighted by Gasteiger charge is -2.38. The summed E-state index contributed by atoms with van der Waals surface area (Å²) in [5, 5.41) is 0.469. The Morgan fingerprint density at radius 2 is 2.00 bits per heavy atom. The normalized spacial score (nSPS) is 33.7. The first-order valence-electron chi connectivity index (χ1n) is 7.95. The molecule has 1 aromatic rings. The molecule has 4 heteroatoms. The van der Waals surface area contributed by atoms with Gasteiger partial charge in [0.25, 0.3) is 0 Å². The highest BCUT2D eigenvalue weighted by Crippen LogP contribution is 2.66. The topological polar surface area (TPSA) is 35.0 Å². The van der Waals surface area contributed by atoms with Crippen LogP contribution in [0.3, 0.4) is 0 Å². The van der Waals surface area contributed by atoms with Crippen LogP contribution in [0.4, 0.5) is 0 Å². The number of hydrogen-bond acceptors (Lipinski definition) is 3. The molecule has 3 atom stereocenters. The fourth-order valence-electron chi connectivity index (χ4n) is 4.19. The first-order valence-corrected chi connectivity index (χ1v) is 8.33. The molecule has 116 valence electrons. The summed E-state index contributed by atoms with van der Waals surface area (Å²) in [6, 6.07) is 1.75. The van der Waals surface area contributed by atoms with E-state index in [4.69, 9.17) is 16.3 Å². The molecular weight excluding hydrogens is 284 g/mol. The molecule has 0 saturated heterocycles. The van der Waals surface area contributed by atoms with Crippen LogP contribution in [0, 0.1) is 16.7 Å². The van der Waals surface area contributed by atoms with Gasteiger partial charge in [0.1, 0.15) is 17.1 Å². The zero-order valence-corrected chi connectivity index (χ0v) is 14.4. The molecule has 0 spiro atoms. The number of ether oxygens (including phenoxy) is 1. The molecule has 0 radical (unpaired) electrons. The molecule has 1 heterocycles. The van der Waals surface area contributed by atoms with Crippen molar-refractivity contribution in [1.82, 2.24) is 9.97 Å². The van der Waals surface area contributed by atoms with E-state index in [1.807, 2.05) is 0 Å². The van der Waals surface area contributed by atoms with Crippen molar-refractivity contribution in [3.05, 3.63) is 17.0 Å². The van der Waals surface area contributed by atoms with E-state index in [0.29, 0.717) is 16.4 Å². The van der Waals surface area contributed by atoms with Gasteiger partial charge in [0.15, 0.2) is 0 Å². The SMILES string of the molecule is CC(C)c1nc(Cl)cc(OC2CC3CCC2(C)C3(C)C)n1. The number of hydrogen-bond donors (Lipinski definition) is 0. The summed E-state index contributed by atoms with van der Waals surface area (Å²) in [5.74, 6) is 2.39. The Morgan fingerprint density at radius 1 is 1.29 bits per heavy atom. The third-order valence-corrected chi connectivity index (χ3v) is 6.38. The molecule has 2 fully saturated rings. The summed E-state index contributed by atoms with van der Waals surface area (Å²) in [4.78, 5) is 8.82. The number of fused-ring (bicyclic) bond motifs is 2. The first kappa shape index (κ1) is 15.1. The summed E-state index contributed by atoms with van der Waals surface area (Å²) < 4.78 is 6.28. The van der Waals surface area contributed by atoms with Crippen LogP contribution in [-0.2, 0) is 0 Å². The van der Waals surface area contributed by atoms with Crippen molar-refractivity contribution in [2.24, 2.45) is 16.7 Å². The first-order chi connectivity index (χ1) is 9.74. The molecule has 3 unspecified atom stereocenters. The molecule has 21 heavy (non-hydrogen) atoms. The fraction of sp³-hybridized carbons (Fsp3) is 0.765. The largest absolute Gasteiger partial charge is 0.474 e. The monoisotopic (exact) mass is 308 g/mol. The van der Waals surface area contributed by atoms with Gasteiger partial charge in [-0.3, -0.25) is 0 Å². The van der Waals surface area contributed by atoms with Crippen LogP contribution in [0.1, 0.15) is 65.6 Å². The standard InChI is InChI=1S/C17H25ClN2O/c1-10(2)15-19-13(18)9-14(20-15)21-12-8-11-6-7-17(12,5)16(11,3)4/h9-12H,6-8H2,1-5H3. The molecule has 0 amide bonds. The van der Waals surface area contributed by atoms with Gasteiger partial charge < -0.3 is 4.74 Å². The van der Waals surface area contributed by atoms with E-state index < -0.39 is 0 Å². The average Bonchev–Trinajstić information content (AvgIpc) is 2.71. The fourth-order valence-corrected chi connectivity index (χ4v) is 4.37. The van der Waals surface area contributed by atoms with Crippen molar-refractivity contribution in [3.63, 3.8) is 0 Å². The van der Waals surface area contributed by atoms with E-state index in [-0.39, 0.29) is 17.4 Å². The maximum Gasteiger partial charge on any atom is 0.218 e. The zero-order chi connectivity index (χ0) is 15.4. The van der Waals surface area contributed by atoms with Gasteiger partial charge in [0, 0.05) is 17.4 Å². The predicted octanol–water partition coefficient (Wildman–Crippen LogP) is 4.85. The van der Waals surface area contributed by atoms with Gasteiger partial charge in [0.2, 0.25) is 5.88 Å². The summed E-state index contributed by atoms with van der Waals surface area (Å²) in [6.45, 7) is 11.3. The molecule has 2 bridgehead atoms. The van der Waals surface area contributed by atoms with E-state index in [9.17, 15) is 0 Å². The second kappa shape index (κ2) is 4.84. The molecule has 1 aromatic heterocycles. The molecule has 2 aliphatic rings. The molecule has 2 aliphatic carbocycles. The minimum Gasteiger partial charge on any atom is -0.474 e. The van der Waals surface area contributed by atoms with Gasteiger partial charge in [0.05, 0.1) is 0 Å². The van der Waals surface area contributed by atoms with E-state index in [1.54, 1.807) is 6.07 Å². The molecule has 0 aliphatic heterocycles. The van der Waals surface area contributed by atoms with E-state index in [2.05, 4.69) is 44.6 Å².